The molecule has 0 aliphatic carbocycles. The van der Waals surface area contributed by atoms with E-state index in [1.165, 1.54) is 4.90 Å². The van der Waals surface area contributed by atoms with Gasteiger partial charge in [-0.3, -0.25) is 4.79 Å². The second kappa shape index (κ2) is 4.76. The minimum Gasteiger partial charge on any atom is -0.342 e. The first kappa shape index (κ1) is 10.7. The minimum absolute atomic E-state index is 0.0669. The molecule has 0 radical (unpaired) electrons. The van der Waals surface area contributed by atoms with Gasteiger partial charge < -0.3 is 4.90 Å². The summed E-state index contributed by atoms with van der Waals surface area (Å²) in [5, 5.41) is 3.09. The molecule has 1 aliphatic rings. The van der Waals surface area contributed by atoms with Crippen molar-refractivity contribution in [2.75, 3.05) is 19.6 Å². The first-order valence-corrected chi connectivity index (χ1v) is 4.22. The maximum absolute atomic E-state index is 12.2. The number of likely N-dealkylation sites (tertiary alicyclic amines) is 1. The highest BCUT2D eigenvalue weighted by atomic mass is 19.3. The van der Waals surface area contributed by atoms with Gasteiger partial charge in [0.15, 0.2) is 0 Å². The standard InChI is InChI=1S/C7H10F2N4O/c8-7(9)5-1-2-13(4-5)6(14)3-11-12-10/h5,7H,1-4H2. The third-order valence-electron chi connectivity index (χ3n) is 2.20. The predicted octanol–water partition coefficient (Wildman–Crippen LogP) is 1.41. The van der Waals surface area contributed by atoms with E-state index in [2.05, 4.69) is 10.0 Å². The number of azide groups is 1. The summed E-state index contributed by atoms with van der Waals surface area (Å²) in [5.41, 5.74) is 7.97. The van der Waals surface area contributed by atoms with Crippen LogP contribution in [0.3, 0.4) is 0 Å². The Labute approximate surface area is 79.3 Å². The molecule has 0 aromatic heterocycles. The van der Waals surface area contributed by atoms with E-state index in [0.717, 1.165) is 0 Å². The summed E-state index contributed by atoms with van der Waals surface area (Å²) in [6, 6.07) is 0. The highest BCUT2D eigenvalue weighted by Gasteiger charge is 2.31. The van der Waals surface area contributed by atoms with Gasteiger partial charge in [0.2, 0.25) is 12.3 Å². The van der Waals surface area contributed by atoms with Crippen LogP contribution in [0.1, 0.15) is 6.42 Å². The molecule has 5 nitrogen and oxygen atoms in total. The Balaban J connectivity index is 2.41. The quantitative estimate of drug-likeness (QED) is 0.389. The van der Waals surface area contributed by atoms with Crippen molar-refractivity contribution in [3.05, 3.63) is 10.4 Å². The fourth-order valence-corrected chi connectivity index (χ4v) is 1.41. The van der Waals surface area contributed by atoms with Gasteiger partial charge in [0.1, 0.15) is 6.54 Å². The number of rotatable bonds is 3. The highest BCUT2D eigenvalue weighted by molar-refractivity contribution is 5.78. The summed E-state index contributed by atoms with van der Waals surface area (Å²) >= 11 is 0. The molecule has 1 aliphatic heterocycles. The van der Waals surface area contributed by atoms with E-state index in [4.69, 9.17) is 5.53 Å². The Hall–Kier alpha value is -1.36. The largest absolute Gasteiger partial charge is 0.342 e. The molecule has 1 heterocycles. The summed E-state index contributed by atoms with van der Waals surface area (Å²) in [6.45, 7) is 0.110. The SMILES string of the molecule is [N-]=[N+]=NCC(=O)N1CCC(C(F)F)C1. The minimum atomic E-state index is -2.38. The molecule has 0 aromatic carbocycles. The normalized spacial score (nSPS) is 21.1. The van der Waals surface area contributed by atoms with Crippen LogP contribution < -0.4 is 0 Å². The molecule has 0 saturated carbocycles. The van der Waals surface area contributed by atoms with Crippen molar-refractivity contribution < 1.29 is 13.6 Å². The van der Waals surface area contributed by atoms with Crippen molar-refractivity contribution in [2.24, 2.45) is 11.0 Å². The van der Waals surface area contributed by atoms with E-state index in [1.807, 2.05) is 0 Å². The summed E-state index contributed by atoms with van der Waals surface area (Å²) in [5.74, 6) is -1.11. The molecule has 0 aromatic rings. The molecule has 1 atom stereocenters. The number of nitrogens with zero attached hydrogens (tertiary/aromatic N) is 4. The number of carbonyl (C=O) groups excluding carboxylic acids is 1. The average Bonchev–Trinajstić information content (AvgIpc) is 2.62. The number of carbonyl (C=O) groups is 1. The van der Waals surface area contributed by atoms with Crippen LogP contribution in [0.25, 0.3) is 10.4 Å². The Morgan fingerprint density at radius 1 is 1.71 bits per heavy atom. The molecule has 1 fully saturated rings. The van der Waals surface area contributed by atoms with Gasteiger partial charge in [0.25, 0.3) is 0 Å². The zero-order chi connectivity index (χ0) is 10.6. The lowest BCUT2D eigenvalue weighted by atomic mass is 10.1. The smallest absolute Gasteiger partial charge is 0.243 e. The van der Waals surface area contributed by atoms with E-state index in [-0.39, 0.29) is 19.0 Å². The summed E-state index contributed by atoms with van der Waals surface area (Å²) in [7, 11) is 0. The van der Waals surface area contributed by atoms with Crippen LogP contribution in [0.15, 0.2) is 5.11 Å². The van der Waals surface area contributed by atoms with Crippen LogP contribution in [0.4, 0.5) is 8.78 Å². The van der Waals surface area contributed by atoms with Gasteiger partial charge in [-0.15, -0.1) is 0 Å². The number of hydrogen-bond donors (Lipinski definition) is 0. The second-order valence-corrected chi connectivity index (χ2v) is 3.11. The first-order valence-electron chi connectivity index (χ1n) is 4.22. The summed E-state index contributed by atoms with van der Waals surface area (Å²) in [6.07, 6.45) is -2.06. The predicted molar refractivity (Wildman–Crippen MR) is 44.7 cm³/mol. The summed E-state index contributed by atoms with van der Waals surface area (Å²) in [4.78, 5) is 14.9. The van der Waals surface area contributed by atoms with Gasteiger partial charge in [-0.25, -0.2) is 8.78 Å². The fourth-order valence-electron chi connectivity index (χ4n) is 1.41. The Morgan fingerprint density at radius 2 is 2.43 bits per heavy atom. The molecule has 78 valence electrons. The van der Waals surface area contributed by atoms with Gasteiger partial charge >= 0.3 is 0 Å². The average molecular weight is 204 g/mol. The number of halogens is 2. The molecule has 0 N–H and O–H groups in total. The van der Waals surface area contributed by atoms with Gasteiger partial charge in [-0.1, -0.05) is 5.11 Å². The molecule has 7 heteroatoms. The maximum atomic E-state index is 12.2. The van der Waals surface area contributed by atoms with Crippen LogP contribution in [0.2, 0.25) is 0 Å². The highest BCUT2D eigenvalue weighted by Crippen LogP contribution is 2.22. The molecule has 1 rings (SSSR count). The molecule has 0 spiro atoms. The van der Waals surface area contributed by atoms with Gasteiger partial charge in [0, 0.05) is 23.9 Å². The number of amides is 1. The van der Waals surface area contributed by atoms with Gasteiger partial charge in [-0.05, 0) is 12.0 Å². The number of alkyl halides is 2. The van der Waals surface area contributed by atoms with Crippen LogP contribution in [0, 0.1) is 5.92 Å². The van der Waals surface area contributed by atoms with E-state index in [0.29, 0.717) is 13.0 Å². The van der Waals surface area contributed by atoms with E-state index < -0.39 is 12.3 Å². The second-order valence-electron chi connectivity index (χ2n) is 3.11. The Bertz CT molecular complexity index is 264. The van der Waals surface area contributed by atoms with E-state index in [9.17, 15) is 13.6 Å². The van der Waals surface area contributed by atoms with Crippen LogP contribution in [-0.4, -0.2) is 36.9 Å². The Kier molecular flexibility index (Phi) is 3.64. The molecule has 14 heavy (non-hydrogen) atoms. The fraction of sp³-hybridized carbons (Fsp3) is 0.857. The topological polar surface area (TPSA) is 69.1 Å². The number of hydrogen-bond acceptors (Lipinski definition) is 2. The molecule has 0 bridgehead atoms. The third kappa shape index (κ3) is 2.56. The van der Waals surface area contributed by atoms with E-state index in [1.54, 1.807) is 0 Å². The van der Waals surface area contributed by atoms with Crippen molar-refractivity contribution in [2.45, 2.75) is 12.8 Å². The van der Waals surface area contributed by atoms with Crippen molar-refractivity contribution in [3.63, 3.8) is 0 Å². The van der Waals surface area contributed by atoms with Crippen molar-refractivity contribution >= 4 is 5.91 Å². The third-order valence-corrected chi connectivity index (χ3v) is 2.20. The molecule has 1 saturated heterocycles. The lowest BCUT2D eigenvalue weighted by molar-refractivity contribution is -0.128. The van der Waals surface area contributed by atoms with Crippen LogP contribution in [-0.2, 0) is 4.79 Å². The molecular formula is C7H10F2N4O. The van der Waals surface area contributed by atoms with Crippen LogP contribution >= 0.6 is 0 Å². The monoisotopic (exact) mass is 204 g/mol. The summed E-state index contributed by atoms with van der Waals surface area (Å²) < 4.78 is 24.4. The van der Waals surface area contributed by atoms with E-state index >= 15 is 0 Å². The van der Waals surface area contributed by atoms with Crippen LogP contribution in [0.5, 0.6) is 0 Å². The van der Waals surface area contributed by atoms with Crippen molar-refractivity contribution in [1.29, 1.82) is 0 Å². The van der Waals surface area contributed by atoms with Crippen molar-refractivity contribution in [1.82, 2.24) is 4.90 Å². The molecular weight excluding hydrogens is 194 g/mol. The lowest BCUT2D eigenvalue weighted by Crippen LogP contribution is -2.31. The molecule has 1 amide bonds. The maximum Gasteiger partial charge on any atom is 0.243 e. The zero-order valence-electron chi connectivity index (χ0n) is 7.44. The lowest BCUT2D eigenvalue weighted by Gasteiger charge is -2.14. The Morgan fingerprint density at radius 3 is 2.93 bits per heavy atom. The molecule has 1 unspecified atom stereocenters. The zero-order valence-corrected chi connectivity index (χ0v) is 7.44. The van der Waals surface area contributed by atoms with Crippen molar-refractivity contribution in [3.8, 4) is 0 Å². The van der Waals surface area contributed by atoms with Gasteiger partial charge in [0.05, 0.1) is 0 Å². The van der Waals surface area contributed by atoms with Gasteiger partial charge in [-0.2, -0.15) is 0 Å². The first-order chi connectivity index (χ1) is 6.65.